The van der Waals surface area contributed by atoms with Gasteiger partial charge in [-0.15, -0.1) is 11.6 Å². The molecule has 0 spiro atoms. The minimum Gasteiger partial charge on any atom is -0.344 e. The quantitative estimate of drug-likeness (QED) is 0.327. The van der Waals surface area contributed by atoms with E-state index in [1.807, 2.05) is 6.07 Å². The molecule has 9 nitrogen and oxygen atoms in total. The number of nitrogens with one attached hydrogen (secondary N) is 2. The third kappa shape index (κ3) is 6.61. The number of likely N-dealkylation sites (tertiary alicyclic amines) is 1. The molecule has 0 aliphatic carbocycles. The van der Waals surface area contributed by atoms with Crippen LogP contribution in [0.5, 0.6) is 0 Å². The standard InChI is InChI=1S/C22H29ClN4O5/c1-13(24)20(30)25-14(2)22(32)27-10-6-9-17(27)21(31)26-16(19(29)18(28)12-23)11-15-7-4-3-5-8-15/h3-5,7-8,13-14,16-17H,6,9-12,24H2,1-2H3,(H,25,30)(H,26,31)/t13-,14-,16-,17-/m0/s1. The van der Waals surface area contributed by atoms with Crippen molar-refractivity contribution >= 4 is 40.9 Å². The van der Waals surface area contributed by atoms with Crippen molar-refractivity contribution in [3.8, 4) is 0 Å². The number of hydrogen-bond acceptors (Lipinski definition) is 6. The molecule has 1 aliphatic heterocycles. The predicted octanol–water partition coefficient (Wildman–Crippen LogP) is -0.0662. The Bertz CT molecular complexity index is 861. The van der Waals surface area contributed by atoms with Crippen LogP contribution < -0.4 is 16.4 Å². The minimum absolute atomic E-state index is 0.121. The molecule has 1 aliphatic rings. The maximum atomic E-state index is 13.0. The number of nitrogens with zero attached hydrogens (tertiary/aromatic N) is 1. The van der Waals surface area contributed by atoms with Crippen molar-refractivity contribution in [3.05, 3.63) is 35.9 Å². The molecule has 0 unspecified atom stereocenters. The van der Waals surface area contributed by atoms with Crippen LogP contribution in [0.2, 0.25) is 0 Å². The number of nitrogens with two attached hydrogens (primary N) is 1. The molecule has 2 rings (SSSR count). The largest absolute Gasteiger partial charge is 0.344 e. The summed E-state index contributed by atoms with van der Waals surface area (Å²) < 4.78 is 0. The Morgan fingerprint density at radius 3 is 2.38 bits per heavy atom. The highest BCUT2D eigenvalue weighted by atomic mass is 35.5. The van der Waals surface area contributed by atoms with E-state index in [1.165, 1.54) is 18.7 Å². The highest BCUT2D eigenvalue weighted by molar-refractivity contribution is 6.48. The van der Waals surface area contributed by atoms with Crippen molar-refractivity contribution in [2.75, 3.05) is 12.4 Å². The smallest absolute Gasteiger partial charge is 0.245 e. The molecule has 4 atom stereocenters. The summed E-state index contributed by atoms with van der Waals surface area (Å²) in [5.74, 6) is -3.48. The van der Waals surface area contributed by atoms with Gasteiger partial charge in [-0.25, -0.2) is 0 Å². The number of carbonyl (C=O) groups excluding carboxylic acids is 5. The van der Waals surface area contributed by atoms with Gasteiger partial charge in [-0.05, 0) is 32.3 Å². The number of Topliss-reactive ketones (excluding diaryl/α,β-unsaturated/α-hetero) is 2. The normalized spacial score (nSPS) is 18.4. The van der Waals surface area contributed by atoms with Crippen molar-refractivity contribution in [1.29, 1.82) is 0 Å². The molecule has 0 aromatic heterocycles. The Morgan fingerprint density at radius 2 is 1.78 bits per heavy atom. The molecule has 10 heteroatoms. The van der Waals surface area contributed by atoms with Crippen LogP contribution in [0.3, 0.4) is 0 Å². The fourth-order valence-corrected chi connectivity index (χ4v) is 3.68. The van der Waals surface area contributed by atoms with Crippen LogP contribution in [0.1, 0.15) is 32.3 Å². The first-order chi connectivity index (χ1) is 15.1. The Balaban J connectivity index is 2.13. The summed E-state index contributed by atoms with van der Waals surface area (Å²) >= 11 is 5.54. The number of benzene rings is 1. The second-order valence-electron chi connectivity index (χ2n) is 7.88. The Labute approximate surface area is 192 Å². The maximum absolute atomic E-state index is 13.0. The van der Waals surface area contributed by atoms with Gasteiger partial charge in [0.05, 0.1) is 18.0 Å². The van der Waals surface area contributed by atoms with Crippen molar-refractivity contribution in [2.45, 2.75) is 57.3 Å². The summed E-state index contributed by atoms with van der Waals surface area (Å²) in [7, 11) is 0. The van der Waals surface area contributed by atoms with Crippen molar-refractivity contribution in [3.63, 3.8) is 0 Å². The van der Waals surface area contributed by atoms with Gasteiger partial charge < -0.3 is 21.3 Å². The summed E-state index contributed by atoms with van der Waals surface area (Å²) in [4.78, 5) is 63.5. The highest BCUT2D eigenvalue weighted by Gasteiger charge is 2.38. The van der Waals surface area contributed by atoms with E-state index < -0.39 is 59.3 Å². The van der Waals surface area contributed by atoms with Crippen LogP contribution in [0, 0.1) is 0 Å². The monoisotopic (exact) mass is 464 g/mol. The molecule has 174 valence electrons. The van der Waals surface area contributed by atoms with Crippen LogP contribution in [0.15, 0.2) is 30.3 Å². The van der Waals surface area contributed by atoms with Crippen molar-refractivity contribution in [1.82, 2.24) is 15.5 Å². The molecule has 32 heavy (non-hydrogen) atoms. The maximum Gasteiger partial charge on any atom is 0.245 e. The third-order valence-corrected chi connectivity index (χ3v) is 5.54. The summed E-state index contributed by atoms with van der Waals surface area (Å²) in [6, 6.07) is 5.43. The lowest BCUT2D eigenvalue weighted by Gasteiger charge is -2.28. The average Bonchev–Trinajstić information content (AvgIpc) is 3.27. The predicted molar refractivity (Wildman–Crippen MR) is 119 cm³/mol. The van der Waals surface area contributed by atoms with E-state index in [2.05, 4.69) is 10.6 Å². The zero-order valence-corrected chi connectivity index (χ0v) is 18.9. The van der Waals surface area contributed by atoms with Gasteiger partial charge in [0.25, 0.3) is 0 Å². The van der Waals surface area contributed by atoms with Crippen molar-refractivity contribution in [2.24, 2.45) is 5.73 Å². The average molecular weight is 465 g/mol. The van der Waals surface area contributed by atoms with E-state index >= 15 is 0 Å². The van der Waals surface area contributed by atoms with Crippen LogP contribution in [0.25, 0.3) is 0 Å². The SMILES string of the molecule is C[C@H](N)C(=O)N[C@@H](C)C(=O)N1CCC[C@H]1C(=O)N[C@@H](Cc1ccccc1)C(=O)C(=O)CCl. The molecule has 0 bridgehead atoms. The van der Waals surface area contributed by atoms with Crippen molar-refractivity contribution < 1.29 is 24.0 Å². The lowest BCUT2D eigenvalue weighted by atomic mass is 9.99. The van der Waals surface area contributed by atoms with Gasteiger partial charge in [0.15, 0.2) is 0 Å². The Hall–Kier alpha value is -2.78. The second-order valence-corrected chi connectivity index (χ2v) is 8.15. The molecular weight excluding hydrogens is 436 g/mol. The zero-order chi connectivity index (χ0) is 23.8. The number of carbonyl (C=O) groups is 5. The van der Waals surface area contributed by atoms with E-state index in [9.17, 15) is 24.0 Å². The molecule has 1 saturated heterocycles. The van der Waals surface area contributed by atoms with Gasteiger partial charge in [0.2, 0.25) is 29.3 Å². The highest BCUT2D eigenvalue weighted by Crippen LogP contribution is 2.19. The molecule has 1 aromatic rings. The fourth-order valence-electron chi connectivity index (χ4n) is 3.55. The Morgan fingerprint density at radius 1 is 1.12 bits per heavy atom. The van der Waals surface area contributed by atoms with E-state index in [4.69, 9.17) is 17.3 Å². The van der Waals surface area contributed by atoms with Gasteiger partial charge in [-0.2, -0.15) is 0 Å². The summed E-state index contributed by atoms with van der Waals surface area (Å²) in [6.45, 7) is 3.37. The number of ketones is 2. The van der Waals surface area contributed by atoms with Crippen LogP contribution in [-0.4, -0.2) is 70.8 Å². The number of rotatable bonds is 10. The second kappa shape index (κ2) is 11.7. The first kappa shape index (κ1) is 25.5. The lowest BCUT2D eigenvalue weighted by molar-refractivity contribution is -0.142. The van der Waals surface area contributed by atoms with Crippen LogP contribution >= 0.6 is 11.6 Å². The number of halogens is 1. The van der Waals surface area contributed by atoms with E-state index in [-0.39, 0.29) is 6.42 Å². The van der Waals surface area contributed by atoms with Gasteiger partial charge in [-0.1, -0.05) is 30.3 Å². The summed E-state index contributed by atoms with van der Waals surface area (Å²) in [5, 5.41) is 5.17. The van der Waals surface area contributed by atoms with Gasteiger partial charge in [0.1, 0.15) is 12.1 Å². The third-order valence-electron chi connectivity index (χ3n) is 5.29. The number of alkyl halides is 1. The molecule has 1 heterocycles. The molecular formula is C22H29ClN4O5. The molecule has 0 radical (unpaired) electrons. The molecule has 1 aromatic carbocycles. The lowest BCUT2D eigenvalue weighted by Crippen LogP contribution is -2.56. The van der Waals surface area contributed by atoms with Crippen LogP contribution in [0.4, 0.5) is 0 Å². The van der Waals surface area contributed by atoms with Crippen LogP contribution in [-0.2, 0) is 30.4 Å². The van der Waals surface area contributed by atoms with Gasteiger partial charge in [-0.3, -0.25) is 24.0 Å². The van der Waals surface area contributed by atoms with Gasteiger partial charge in [0, 0.05) is 13.0 Å². The van der Waals surface area contributed by atoms with E-state index in [1.54, 1.807) is 24.3 Å². The number of hydrogen-bond donors (Lipinski definition) is 3. The first-order valence-corrected chi connectivity index (χ1v) is 11.0. The minimum atomic E-state index is -1.09. The zero-order valence-electron chi connectivity index (χ0n) is 18.2. The summed E-state index contributed by atoms with van der Waals surface area (Å²) in [6.07, 6.45) is 1.12. The van der Waals surface area contributed by atoms with Gasteiger partial charge >= 0.3 is 0 Å². The Kier molecular flexibility index (Phi) is 9.34. The molecule has 3 amide bonds. The summed E-state index contributed by atoms with van der Waals surface area (Å²) in [5.41, 5.74) is 6.29. The topological polar surface area (TPSA) is 139 Å². The molecule has 0 saturated carbocycles. The van der Waals surface area contributed by atoms with E-state index in [0.717, 1.165) is 5.56 Å². The van der Waals surface area contributed by atoms with E-state index in [0.29, 0.717) is 19.4 Å². The number of amides is 3. The fraction of sp³-hybridized carbons (Fsp3) is 0.500. The first-order valence-electron chi connectivity index (χ1n) is 10.5. The molecule has 1 fully saturated rings. The molecule has 4 N–H and O–H groups in total.